The maximum absolute atomic E-state index is 6.12. The summed E-state index contributed by atoms with van der Waals surface area (Å²) in [5.74, 6) is 0.603. The summed E-state index contributed by atoms with van der Waals surface area (Å²) < 4.78 is 0. The van der Waals surface area contributed by atoms with Crippen molar-refractivity contribution >= 4 is 23.2 Å². The van der Waals surface area contributed by atoms with E-state index in [0.717, 1.165) is 5.56 Å². The Morgan fingerprint density at radius 2 is 1.60 bits per heavy atom. The monoisotopic (exact) mass is 307 g/mol. The fourth-order valence-electron chi connectivity index (χ4n) is 2.44. The molecule has 0 amide bonds. The molecule has 2 aromatic carbocycles. The maximum Gasteiger partial charge on any atom is 0.0595 e. The lowest BCUT2D eigenvalue weighted by Gasteiger charge is -2.20. The highest BCUT2D eigenvalue weighted by molar-refractivity contribution is 6.42. The summed E-state index contributed by atoms with van der Waals surface area (Å²) in [6, 6.07) is 14.3. The molecule has 0 saturated carbocycles. The van der Waals surface area contributed by atoms with Gasteiger partial charge in [0.25, 0.3) is 0 Å². The fourth-order valence-corrected chi connectivity index (χ4v) is 2.75. The third-order valence-corrected chi connectivity index (χ3v) is 4.53. The van der Waals surface area contributed by atoms with Crippen molar-refractivity contribution in [1.29, 1.82) is 0 Å². The molecule has 2 rings (SSSR count). The maximum atomic E-state index is 6.12. The van der Waals surface area contributed by atoms with Gasteiger partial charge in [0.15, 0.2) is 0 Å². The van der Waals surface area contributed by atoms with Crippen molar-refractivity contribution in [3.05, 3.63) is 69.2 Å². The van der Waals surface area contributed by atoms with Crippen LogP contribution in [-0.2, 0) is 0 Å². The Morgan fingerprint density at radius 3 is 2.20 bits per heavy atom. The van der Waals surface area contributed by atoms with Crippen molar-refractivity contribution in [1.82, 2.24) is 0 Å². The summed E-state index contributed by atoms with van der Waals surface area (Å²) in [7, 11) is 0. The molecule has 0 aromatic heterocycles. The Balaban J connectivity index is 2.42. The molecule has 0 heterocycles. The average molecular weight is 308 g/mol. The zero-order valence-corrected chi connectivity index (χ0v) is 13.2. The Hall–Kier alpha value is -1.02. The van der Waals surface area contributed by atoms with E-state index < -0.39 is 0 Å². The van der Waals surface area contributed by atoms with Gasteiger partial charge in [0.1, 0.15) is 0 Å². The normalized spacial score (nSPS) is 14.1. The summed E-state index contributed by atoms with van der Waals surface area (Å²) in [5.41, 5.74) is 9.58. The van der Waals surface area contributed by atoms with Gasteiger partial charge in [-0.2, -0.15) is 0 Å². The molecule has 0 aliphatic carbocycles. The number of halogens is 2. The van der Waals surface area contributed by atoms with Crippen LogP contribution in [0.2, 0.25) is 10.0 Å². The van der Waals surface area contributed by atoms with E-state index in [2.05, 4.69) is 38.1 Å². The van der Waals surface area contributed by atoms with E-state index in [4.69, 9.17) is 28.9 Å². The second-order valence-electron chi connectivity index (χ2n) is 5.16. The van der Waals surface area contributed by atoms with E-state index in [1.54, 1.807) is 0 Å². The Morgan fingerprint density at radius 1 is 0.950 bits per heavy atom. The van der Waals surface area contributed by atoms with Crippen molar-refractivity contribution < 1.29 is 0 Å². The highest BCUT2D eigenvalue weighted by atomic mass is 35.5. The van der Waals surface area contributed by atoms with Crippen LogP contribution in [0.5, 0.6) is 0 Å². The van der Waals surface area contributed by atoms with E-state index >= 15 is 0 Å². The number of benzene rings is 2. The Bertz CT molecular complexity index is 595. The lowest BCUT2D eigenvalue weighted by molar-refractivity contribution is 0.749. The van der Waals surface area contributed by atoms with Crippen molar-refractivity contribution in [2.24, 2.45) is 5.73 Å². The SMILES string of the molecule is CC(CN)c1ccccc1C(C)c1ccc(Cl)c(Cl)c1. The van der Waals surface area contributed by atoms with E-state index in [1.807, 2.05) is 18.2 Å². The summed E-state index contributed by atoms with van der Waals surface area (Å²) in [6.07, 6.45) is 0. The van der Waals surface area contributed by atoms with E-state index in [9.17, 15) is 0 Å². The molecule has 2 aromatic rings. The van der Waals surface area contributed by atoms with Gasteiger partial charge in [0.2, 0.25) is 0 Å². The average Bonchev–Trinajstić information content (AvgIpc) is 2.48. The number of hydrogen-bond acceptors (Lipinski definition) is 1. The number of hydrogen-bond donors (Lipinski definition) is 1. The topological polar surface area (TPSA) is 26.0 Å². The molecule has 0 fully saturated rings. The second kappa shape index (κ2) is 6.62. The van der Waals surface area contributed by atoms with Crippen LogP contribution < -0.4 is 5.73 Å². The predicted octanol–water partition coefficient (Wildman–Crippen LogP) is 5.21. The molecule has 0 radical (unpaired) electrons. The molecule has 0 aliphatic heterocycles. The quantitative estimate of drug-likeness (QED) is 0.824. The summed E-state index contributed by atoms with van der Waals surface area (Å²) >= 11 is 12.1. The molecule has 2 atom stereocenters. The van der Waals surface area contributed by atoms with Crippen LogP contribution in [0, 0.1) is 0 Å². The zero-order valence-electron chi connectivity index (χ0n) is 11.7. The highest BCUT2D eigenvalue weighted by Gasteiger charge is 2.16. The summed E-state index contributed by atoms with van der Waals surface area (Å²) in [6.45, 7) is 4.98. The molecular formula is C17H19Cl2N. The van der Waals surface area contributed by atoms with E-state index in [-0.39, 0.29) is 5.92 Å². The minimum Gasteiger partial charge on any atom is -0.330 e. The van der Waals surface area contributed by atoms with E-state index in [1.165, 1.54) is 11.1 Å². The lowest BCUT2D eigenvalue weighted by Crippen LogP contribution is -2.12. The molecule has 20 heavy (non-hydrogen) atoms. The third kappa shape index (κ3) is 3.17. The largest absolute Gasteiger partial charge is 0.330 e. The minimum atomic E-state index is 0.259. The predicted molar refractivity (Wildman–Crippen MR) is 87.9 cm³/mol. The van der Waals surface area contributed by atoms with E-state index in [0.29, 0.717) is 22.5 Å². The molecule has 0 saturated heterocycles. The first kappa shape index (κ1) is 15.4. The Labute approximate surface area is 130 Å². The van der Waals surface area contributed by atoms with Crippen LogP contribution in [0.15, 0.2) is 42.5 Å². The lowest BCUT2D eigenvalue weighted by atomic mass is 9.85. The van der Waals surface area contributed by atoms with Crippen LogP contribution in [0.25, 0.3) is 0 Å². The van der Waals surface area contributed by atoms with Crippen LogP contribution >= 0.6 is 23.2 Å². The summed E-state index contributed by atoms with van der Waals surface area (Å²) in [5, 5.41) is 1.19. The van der Waals surface area contributed by atoms with Gasteiger partial charge in [-0.15, -0.1) is 0 Å². The highest BCUT2D eigenvalue weighted by Crippen LogP contribution is 2.33. The van der Waals surface area contributed by atoms with Crippen molar-refractivity contribution in [2.45, 2.75) is 25.7 Å². The molecule has 0 aliphatic rings. The summed E-state index contributed by atoms with van der Waals surface area (Å²) in [4.78, 5) is 0. The minimum absolute atomic E-state index is 0.259. The van der Waals surface area contributed by atoms with Crippen molar-refractivity contribution in [3.8, 4) is 0 Å². The van der Waals surface area contributed by atoms with Gasteiger partial charge in [-0.25, -0.2) is 0 Å². The molecule has 106 valence electrons. The standard InChI is InChI=1S/C17H19Cl2N/c1-11(10-20)14-5-3-4-6-15(14)12(2)13-7-8-16(18)17(19)9-13/h3-9,11-12H,10,20H2,1-2H3. The van der Waals surface area contributed by atoms with Crippen molar-refractivity contribution in [2.75, 3.05) is 6.54 Å². The Kier molecular flexibility index (Phi) is 5.09. The van der Waals surface area contributed by atoms with Crippen LogP contribution in [0.3, 0.4) is 0 Å². The van der Waals surface area contributed by atoms with Gasteiger partial charge in [-0.05, 0) is 41.3 Å². The van der Waals surface area contributed by atoms with Gasteiger partial charge >= 0.3 is 0 Å². The smallest absolute Gasteiger partial charge is 0.0595 e. The first-order valence-corrected chi connectivity index (χ1v) is 7.54. The molecule has 0 spiro atoms. The van der Waals surface area contributed by atoms with Gasteiger partial charge in [-0.1, -0.05) is 67.4 Å². The van der Waals surface area contributed by atoms with Gasteiger partial charge in [0, 0.05) is 5.92 Å². The van der Waals surface area contributed by atoms with Gasteiger partial charge in [0.05, 0.1) is 10.0 Å². The van der Waals surface area contributed by atoms with Crippen LogP contribution in [0.4, 0.5) is 0 Å². The third-order valence-electron chi connectivity index (χ3n) is 3.79. The molecule has 3 heteroatoms. The van der Waals surface area contributed by atoms with Gasteiger partial charge in [-0.3, -0.25) is 0 Å². The number of rotatable bonds is 4. The molecule has 2 unspecified atom stereocenters. The number of nitrogens with two attached hydrogens (primary N) is 1. The first-order valence-electron chi connectivity index (χ1n) is 6.78. The second-order valence-corrected chi connectivity index (χ2v) is 5.98. The van der Waals surface area contributed by atoms with Crippen LogP contribution in [0.1, 0.15) is 42.4 Å². The molecule has 0 bridgehead atoms. The molecule has 1 nitrogen and oxygen atoms in total. The first-order chi connectivity index (χ1) is 9.54. The zero-order chi connectivity index (χ0) is 14.7. The molecule has 2 N–H and O–H groups in total. The molecular weight excluding hydrogens is 289 g/mol. The van der Waals surface area contributed by atoms with Crippen molar-refractivity contribution in [3.63, 3.8) is 0 Å². The fraction of sp³-hybridized carbons (Fsp3) is 0.294. The van der Waals surface area contributed by atoms with Crippen LogP contribution in [-0.4, -0.2) is 6.54 Å². The van der Waals surface area contributed by atoms with Gasteiger partial charge < -0.3 is 5.73 Å².